The molecule has 2 bridgehead atoms. The number of non-ortho nitro benzene ring substituents is 1. The minimum absolute atomic E-state index is 0.104. The van der Waals surface area contributed by atoms with Crippen molar-refractivity contribution in [1.82, 2.24) is 20.4 Å². The topological polar surface area (TPSA) is 117 Å². The normalized spacial score (nSPS) is 24.4. The molecule has 0 aromatic heterocycles. The first-order chi connectivity index (χ1) is 24.3. The second-order valence-corrected chi connectivity index (χ2v) is 15.8. The number of nitrogens with one attached hydrogen (secondary N) is 2. The van der Waals surface area contributed by atoms with E-state index in [9.17, 15) is 19.7 Å². The van der Waals surface area contributed by atoms with Crippen molar-refractivity contribution in [2.45, 2.75) is 77.5 Å². The molecule has 1 unspecified atom stereocenters. The lowest BCUT2D eigenvalue weighted by Crippen LogP contribution is -2.61. The maximum atomic E-state index is 13.7. The summed E-state index contributed by atoms with van der Waals surface area (Å²) in [6.07, 6.45) is 4.67. The summed E-state index contributed by atoms with van der Waals surface area (Å²) in [5.41, 5.74) is 3.54. The average Bonchev–Trinajstić information content (AvgIpc) is 3.57. The number of amides is 2. The fourth-order valence-corrected chi connectivity index (χ4v) is 9.10. The van der Waals surface area contributed by atoms with Gasteiger partial charge in [-0.15, -0.1) is 0 Å². The van der Waals surface area contributed by atoms with Gasteiger partial charge in [0.25, 0.3) is 11.6 Å². The van der Waals surface area contributed by atoms with Gasteiger partial charge in [0.05, 0.1) is 18.1 Å². The lowest BCUT2D eigenvalue weighted by molar-refractivity contribution is -0.384. The van der Waals surface area contributed by atoms with Gasteiger partial charge in [-0.2, -0.15) is 0 Å². The summed E-state index contributed by atoms with van der Waals surface area (Å²) in [5.74, 6) is 2.09. The van der Waals surface area contributed by atoms with E-state index in [-0.39, 0.29) is 41.2 Å². The van der Waals surface area contributed by atoms with Crippen LogP contribution in [0, 0.1) is 33.3 Å². The van der Waals surface area contributed by atoms with Crippen LogP contribution in [0.2, 0.25) is 0 Å². The number of hydrogen-bond acceptors (Lipinski definition) is 7. The molecule has 4 aliphatic rings. The fraction of sp³-hybridized carbons (Fsp3) is 0.512. The predicted octanol–water partition coefficient (Wildman–Crippen LogP) is 6.32. The first-order valence-corrected chi connectivity index (χ1v) is 18.3. The zero-order chi connectivity index (χ0) is 36.4. The van der Waals surface area contributed by atoms with Gasteiger partial charge in [-0.25, -0.2) is 0 Å². The Morgan fingerprint density at radius 1 is 1.08 bits per heavy atom. The quantitative estimate of drug-likeness (QED) is 0.159. The van der Waals surface area contributed by atoms with Crippen LogP contribution in [-0.2, 0) is 17.8 Å². The molecule has 0 spiro atoms. The number of rotatable bonds is 13. The molecule has 3 aliphatic carbocycles. The van der Waals surface area contributed by atoms with E-state index in [1.807, 2.05) is 67.5 Å². The van der Waals surface area contributed by atoms with Crippen LogP contribution in [0.1, 0.15) is 67.9 Å². The Bertz CT molecular complexity index is 1740. The molecular weight excluding hydrogens is 642 g/mol. The number of benzene rings is 3. The van der Waals surface area contributed by atoms with Crippen LogP contribution in [0.25, 0.3) is 11.1 Å². The third-order valence-corrected chi connectivity index (χ3v) is 12.0. The molecule has 4 fully saturated rings. The second-order valence-electron chi connectivity index (χ2n) is 15.8. The van der Waals surface area contributed by atoms with Gasteiger partial charge in [0.2, 0.25) is 5.91 Å². The lowest BCUT2D eigenvalue weighted by Gasteiger charge is -2.62. The molecule has 2 amide bonds. The molecule has 6 atom stereocenters. The number of para-hydroxylation sites is 1. The average molecular weight is 696 g/mol. The van der Waals surface area contributed by atoms with Crippen molar-refractivity contribution in [2.75, 3.05) is 34.3 Å². The Labute approximate surface area is 302 Å². The maximum absolute atomic E-state index is 13.7. The van der Waals surface area contributed by atoms with Crippen LogP contribution >= 0.6 is 0 Å². The van der Waals surface area contributed by atoms with Crippen LogP contribution in [0.4, 0.5) is 5.69 Å². The predicted molar refractivity (Wildman–Crippen MR) is 200 cm³/mol. The molecule has 3 saturated carbocycles. The largest absolute Gasteiger partial charge is 0.496 e. The number of hydrogen-bond donors (Lipinski definition) is 2. The summed E-state index contributed by atoms with van der Waals surface area (Å²) in [6, 6.07) is 20.0. The minimum Gasteiger partial charge on any atom is -0.496 e. The summed E-state index contributed by atoms with van der Waals surface area (Å²) in [4.78, 5) is 43.4. The number of nitro benzene ring substituents is 1. The van der Waals surface area contributed by atoms with Crippen molar-refractivity contribution in [2.24, 2.45) is 23.2 Å². The SMILES string of the molecule is COc1c(CN2CCC[C@H]2C(=O)N[C@H]2C[C@H]3C[C@@H]([C@@H]2C)C3(C)C)cccc1-c1cc(C(=O)NC(Cc2ccccc2)CN(C)C)cc([N+](=O)[O-])c1. The van der Waals surface area contributed by atoms with Gasteiger partial charge in [-0.05, 0) is 93.1 Å². The summed E-state index contributed by atoms with van der Waals surface area (Å²) >= 11 is 0. The van der Waals surface area contributed by atoms with Crippen LogP contribution in [0.5, 0.6) is 5.75 Å². The smallest absolute Gasteiger partial charge is 0.270 e. The summed E-state index contributed by atoms with van der Waals surface area (Å²) in [6.45, 7) is 8.94. The molecule has 10 heteroatoms. The lowest BCUT2D eigenvalue weighted by atomic mass is 9.45. The molecule has 51 heavy (non-hydrogen) atoms. The van der Waals surface area contributed by atoms with Gasteiger partial charge in [0.15, 0.2) is 0 Å². The number of fused-ring (bicyclic) bond motifs is 2. The highest BCUT2D eigenvalue weighted by Crippen LogP contribution is 2.61. The van der Waals surface area contributed by atoms with Gasteiger partial charge < -0.3 is 20.3 Å². The third kappa shape index (κ3) is 7.82. The third-order valence-electron chi connectivity index (χ3n) is 12.0. The number of methoxy groups -OCH3 is 1. The Morgan fingerprint density at radius 3 is 2.51 bits per heavy atom. The van der Waals surface area contributed by atoms with Gasteiger partial charge in [0, 0.05) is 54.0 Å². The minimum atomic E-state index is -0.469. The van der Waals surface area contributed by atoms with E-state index in [1.165, 1.54) is 18.6 Å². The van der Waals surface area contributed by atoms with Gasteiger partial charge in [0.1, 0.15) is 5.75 Å². The number of nitrogens with zero attached hydrogens (tertiary/aromatic N) is 3. The van der Waals surface area contributed by atoms with E-state index in [0.29, 0.717) is 59.6 Å². The van der Waals surface area contributed by atoms with Crippen molar-refractivity contribution in [3.05, 3.63) is 93.5 Å². The van der Waals surface area contributed by atoms with Crippen LogP contribution < -0.4 is 15.4 Å². The van der Waals surface area contributed by atoms with Gasteiger partial charge in [-0.3, -0.25) is 24.6 Å². The van der Waals surface area contributed by atoms with Crippen LogP contribution in [-0.4, -0.2) is 79.0 Å². The summed E-state index contributed by atoms with van der Waals surface area (Å²) in [7, 11) is 5.49. The number of likely N-dealkylation sites (N-methyl/N-ethyl adjacent to an activating group) is 1. The van der Waals surface area contributed by atoms with Crippen molar-refractivity contribution in [3.63, 3.8) is 0 Å². The molecule has 1 aliphatic heterocycles. The molecule has 272 valence electrons. The Balaban J connectivity index is 1.21. The van der Waals surface area contributed by atoms with Gasteiger partial charge >= 0.3 is 0 Å². The van der Waals surface area contributed by atoms with E-state index in [1.54, 1.807) is 13.2 Å². The van der Waals surface area contributed by atoms with E-state index < -0.39 is 4.92 Å². The second kappa shape index (κ2) is 15.1. The molecule has 2 N–H and O–H groups in total. The molecule has 3 aromatic rings. The first-order valence-electron chi connectivity index (χ1n) is 18.3. The molecule has 1 saturated heterocycles. The summed E-state index contributed by atoms with van der Waals surface area (Å²) < 4.78 is 5.98. The standard InChI is InChI=1S/C41H53N5O5/c1-26-35-22-31(41(35,2)3)23-36(26)43-40(48)37-16-11-17-45(37)24-28-14-10-15-34(38(28)51-6)29-19-30(21-33(20-29)46(49)50)39(47)42-32(25-44(4)5)18-27-12-8-7-9-13-27/h7-10,12-15,19-21,26,31-32,35-37H,11,16-18,22-25H2,1-6H3,(H,42,47)(H,43,48)/t26-,31+,32?,35-,36-,37-/m0/s1. The van der Waals surface area contributed by atoms with E-state index in [2.05, 4.69) is 36.3 Å². The highest BCUT2D eigenvalue weighted by molar-refractivity contribution is 5.97. The van der Waals surface area contributed by atoms with E-state index in [0.717, 1.165) is 36.9 Å². The molecular formula is C41H53N5O5. The number of ether oxygens (including phenoxy) is 1. The number of nitro groups is 1. The Morgan fingerprint density at radius 2 is 1.84 bits per heavy atom. The zero-order valence-electron chi connectivity index (χ0n) is 30.9. The molecule has 10 nitrogen and oxygen atoms in total. The van der Waals surface area contributed by atoms with Crippen LogP contribution in [0.3, 0.4) is 0 Å². The highest BCUT2D eigenvalue weighted by atomic mass is 16.6. The number of likely N-dealkylation sites (tertiary alicyclic amines) is 1. The number of carbonyl (C=O) groups is 2. The Kier molecular flexibility index (Phi) is 10.8. The zero-order valence-corrected chi connectivity index (χ0v) is 30.9. The van der Waals surface area contributed by atoms with Crippen molar-refractivity contribution in [3.8, 4) is 16.9 Å². The summed E-state index contributed by atoms with van der Waals surface area (Å²) in [5, 5.41) is 18.7. The Hall–Kier alpha value is -4.28. The number of carbonyl (C=O) groups excluding carboxylic acids is 2. The molecule has 3 aromatic carbocycles. The first kappa shape index (κ1) is 36.5. The van der Waals surface area contributed by atoms with Crippen molar-refractivity contribution >= 4 is 17.5 Å². The van der Waals surface area contributed by atoms with Gasteiger partial charge in [-0.1, -0.05) is 69.3 Å². The van der Waals surface area contributed by atoms with Crippen molar-refractivity contribution in [1.29, 1.82) is 0 Å². The monoisotopic (exact) mass is 695 g/mol. The van der Waals surface area contributed by atoms with Crippen molar-refractivity contribution < 1.29 is 19.2 Å². The van der Waals surface area contributed by atoms with E-state index in [4.69, 9.17) is 4.74 Å². The molecule has 1 heterocycles. The maximum Gasteiger partial charge on any atom is 0.270 e. The van der Waals surface area contributed by atoms with E-state index >= 15 is 0 Å². The molecule has 0 radical (unpaired) electrons. The molecule has 7 rings (SSSR count). The van der Waals surface area contributed by atoms with Crippen LogP contribution in [0.15, 0.2) is 66.7 Å². The fourth-order valence-electron chi connectivity index (χ4n) is 9.10. The highest BCUT2D eigenvalue weighted by Gasteiger charge is 2.56.